The molecule has 10 nitrogen and oxygen atoms in total. The summed E-state index contributed by atoms with van der Waals surface area (Å²) in [4.78, 5) is 53.5. The van der Waals surface area contributed by atoms with Crippen LogP contribution in [0.5, 0.6) is 5.75 Å². The van der Waals surface area contributed by atoms with Crippen molar-refractivity contribution in [3.63, 3.8) is 0 Å². The number of hydrogen-bond acceptors (Lipinski definition) is 8. The molecule has 1 aliphatic carbocycles. The lowest BCUT2D eigenvalue weighted by molar-refractivity contribution is -0.164. The topological polar surface area (TPSA) is 134 Å². The maximum atomic E-state index is 13.4. The highest BCUT2D eigenvalue weighted by Crippen LogP contribution is 2.52. The van der Waals surface area contributed by atoms with Gasteiger partial charge in [0.25, 0.3) is 0 Å². The molecule has 2 heterocycles. The molecular formula is C24H27BrCl3N3O7S. The predicted octanol–water partition coefficient (Wildman–Crippen LogP) is 3.79. The molecule has 214 valence electrons. The Labute approximate surface area is 252 Å². The number of carbonyl (C=O) groups excluding carboxylic acids is 4. The maximum absolute atomic E-state index is 13.4. The zero-order valence-electron chi connectivity index (χ0n) is 20.9. The molecule has 0 radical (unpaired) electrons. The van der Waals surface area contributed by atoms with Crippen LogP contribution in [-0.4, -0.2) is 77.9 Å². The second-order valence-corrected chi connectivity index (χ2v) is 14.7. The third-order valence-corrected chi connectivity index (χ3v) is 10.3. The number of nitrogens with zero attached hydrogens (tertiary/aromatic N) is 1. The van der Waals surface area contributed by atoms with Crippen LogP contribution in [-0.2, 0) is 23.9 Å². The van der Waals surface area contributed by atoms with Gasteiger partial charge in [-0.2, -0.15) is 0 Å². The van der Waals surface area contributed by atoms with Gasteiger partial charge < -0.3 is 30.1 Å². The Bertz CT molecular complexity index is 1140. The van der Waals surface area contributed by atoms with Crippen molar-refractivity contribution in [2.24, 2.45) is 5.92 Å². The van der Waals surface area contributed by atoms with Gasteiger partial charge in [0.05, 0.1) is 4.75 Å². The number of nitrogens with one attached hydrogen (secondary N) is 2. The standard InChI is InChI=1S/C24H27BrCl3N3O7S/c1-11(12-3-4-12)38-22(36)30-15(13-5-7-14(32)8-6-13)18(33)29-16-19(34)31-17(21(35)37-10-24(26,27)28)23(2,9-25)39-20(16)31/h5-8,11-12,15-17,20,32H,3-4,9-10H2,1-2H3,(H,29,33)(H,30,36)/t11?,15?,16?,17?,20-,23?/m0/s1. The van der Waals surface area contributed by atoms with Crippen molar-refractivity contribution >= 4 is 86.4 Å². The number of esters is 1. The van der Waals surface area contributed by atoms with E-state index in [1.165, 1.54) is 40.9 Å². The highest BCUT2D eigenvalue weighted by molar-refractivity contribution is 9.09. The number of benzene rings is 1. The monoisotopic (exact) mass is 685 g/mol. The average molecular weight is 688 g/mol. The van der Waals surface area contributed by atoms with Crippen molar-refractivity contribution < 1.29 is 33.8 Å². The number of fused-ring (bicyclic) bond motifs is 1. The Hall–Kier alpha value is -1.60. The second kappa shape index (κ2) is 11.7. The molecule has 5 unspecified atom stereocenters. The van der Waals surface area contributed by atoms with Crippen LogP contribution in [0.1, 0.15) is 38.3 Å². The SMILES string of the molecule is CC(OC(=O)NC(C(=O)NC1C(=O)N2C(C(=O)OCC(Cl)(Cl)Cl)C(C)(CBr)S[C@@H]12)c1ccc(O)cc1)C1CC1. The van der Waals surface area contributed by atoms with E-state index in [1.54, 1.807) is 13.8 Å². The Kier molecular flexibility index (Phi) is 9.12. The summed E-state index contributed by atoms with van der Waals surface area (Å²) in [5.74, 6) is -1.59. The van der Waals surface area contributed by atoms with Crippen molar-refractivity contribution in [1.82, 2.24) is 15.5 Å². The predicted molar refractivity (Wildman–Crippen MR) is 150 cm³/mol. The normalized spacial score (nSPS) is 27.6. The molecule has 6 atom stereocenters. The van der Waals surface area contributed by atoms with Crippen molar-refractivity contribution in [3.05, 3.63) is 29.8 Å². The molecule has 0 bridgehead atoms. The van der Waals surface area contributed by atoms with Gasteiger partial charge in [-0.1, -0.05) is 62.9 Å². The average Bonchev–Trinajstić information content (AvgIpc) is 3.68. The first kappa shape index (κ1) is 30.4. The number of phenolic OH excluding ortho intramolecular Hbond substituents is 1. The van der Waals surface area contributed by atoms with Crippen LogP contribution in [0.4, 0.5) is 4.79 Å². The van der Waals surface area contributed by atoms with Crippen molar-refractivity contribution in [2.75, 3.05) is 11.9 Å². The molecule has 1 saturated carbocycles. The largest absolute Gasteiger partial charge is 0.508 e. The van der Waals surface area contributed by atoms with Crippen molar-refractivity contribution in [1.29, 1.82) is 0 Å². The Morgan fingerprint density at radius 3 is 2.46 bits per heavy atom. The lowest BCUT2D eigenvalue weighted by Gasteiger charge is -2.44. The van der Waals surface area contributed by atoms with Crippen LogP contribution in [0.2, 0.25) is 0 Å². The molecular weight excluding hydrogens is 661 g/mol. The van der Waals surface area contributed by atoms with E-state index in [1.807, 2.05) is 0 Å². The number of ether oxygens (including phenoxy) is 2. The van der Waals surface area contributed by atoms with Crippen molar-refractivity contribution in [3.8, 4) is 5.75 Å². The first-order valence-electron chi connectivity index (χ1n) is 12.1. The molecule has 0 aromatic heterocycles. The highest BCUT2D eigenvalue weighted by atomic mass is 79.9. The van der Waals surface area contributed by atoms with E-state index < -0.39 is 62.5 Å². The van der Waals surface area contributed by atoms with E-state index in [0.29, 0.717) is 16.8 Å². The molecule has 1 aromatic rings. The summed E-state index contributed by atoms with van der Waals surface area (Å²) >= 11 is 21.9. The number of rotatable bonds is 9. The minimum absolute atomic E-state index is 0.0169. The Morgan fingerprint density at radius 2 is 1.90 bits per heavy atom. The molecule has 3 fully saturated rings. The first-order chi connectivity index (χ1) is 18.2. The molecule has 3 N–H and O–H groups in total. The quantitative estimate of drug-likeness (QED) is 0.203. The van der Waals surface area contributed by atoms with Crippen LogP contribution < -0.4 is 10.6 Å². The van der Waals surface area contributed by atoms with E-state index in [4.69, 9.17) is 44.3 Å². The lowest BCUT2D eigenvalue weighted by atomic mass is 9.95. The fraction of sp³-hybridized carbons (Fsp3) is 0.583. The number of amides is 3. The summed E-state index contributed by atoms with van der Waals surface area (Å²) in [5, 5.41) is 14.7. The zero-order valence-corrected chi connectivity index (χ0v) is 25.5. The van der Waals surface area contributed by atoms with Gasteiger partial charge in [0.2, 0.25) is 15.6 Å². The van der Waals surface area contributed by atoms with E-state index in [-0.39, 0.29) is 11.9 Å². The number of phenols is 1. The smallest absolute Gasteiger partial charge is 0.408 e. The number of aromatic hydroxyl groups is 1. The van der Waals surface area contributed by atoms with Gasteiger partial charge in [0.15, 0.2) is 0 Å². The molecule has 39 heavy (non-hydrogen) atoms. The van der Waals surface area contributed by atoms with Crippen molar-refractivity contribution in [2.45, 2.75) is 64.8 Å². The summed E-state index contributed by atoms with van der Waals surface area (Å²) < 4.78 is 8.00. The zero-order chi connectivity index (χ0) is 28.7. The second-order valence-electron chi connectivity index (χ2n) is 9.93. The number of thioether (sulfide) groups is 1. The van der Waals surface area contributed by atoms with E-state index in [0.717, 1.165) is 12.8 Å². The molecule has 3 amide bonds. The summed E-state index contributed by atoms with van der Waals surface area (Å²) in [6.07, 6.45) is 0.873. The molecule has 1 aromatic carbocycles. The molecule has 3 aliphatic rings. The van der Waals surface area contributed by atoms with E-state index >= 15 is 0 Å². The van der Waals surface area contributed by atoms with Crippen LogP contribution in [0.15, 0.2) is 24.3 Å². The van der Waals surface area contributed by atoms with Crippen LogP contribution in [0.25, 0.3) is 0 Å². The number of alkyl carbamates (subject to hydrolysis) is 1. The number of halogens is 4. The summed E-state index contributed by atoms with van der Waals surface area (Å²) in [6, 6.07) is 2.59. The van der Waals surface area contributed by atoms with Gasteiger partial charge >= 0.3 is 12.1 Å². The first-order valence-corrected chi connectivity index (χ1v) is 15.2. The van der Waals surface area contributed by atoms with Gasteiger partial charge in [0, 0.05) is 5.33 Å². The third-order valence-electron chi connectivity index (χ3n) is 6.82. The maximum Gasteiger partial charge on any atom is 0.408 e. The molecule has 2 saturated heterocycles. The Morgan fingerprint density at radius 1 is 1.26 bits per heavy atom. The summed E-state index contributed by atoms with van der Waals surface area (Å²) in [6.45, 7) is 3.09. The van der Waals surface area contributed by atoms with E-state index in [2.05, 4.69) is 26.6 Å². The van der Waals surface area contributed by atoms with Gasteiger partial charge in [-0.3, -0.25) is 9.59 Å². The Balaban J connectivity index is 1.48. The highest BCUT2D eigenvalue weighted by Gasteiger charge is 2.66. The van der Waals surface area contributed by atoms with Gasteiger partial charge in [-0.15, -0.1) is 11.8 Å². The fourth-order valence-electron chi connectivity index (χ4n) is 4.54. The summed E-state index contributed by atoms with van der Waals surface area (Å²) in [5.41, 5.74) is 0.377. The minimum Gasteiger partial charge on any atom is -0.508 e. The molecule has 15 heteroatoms. The number of hydrogen-bond donors (Lipinski definition) is 3. The number of alkyl halides is 4. The van der Waals surface area contributed by atoms with Crippen LogP contribution >= 0.6 is 62.5 Å². The fourth-order valence-corrected chi connectivity index (χ4v) is 7.02. The van der Waals surface area contributed by atoms with Crippen LogP contribution in [0.3, 0.4) is 0 Å². The third kappa shape index (κ3) is 6.83. The lowest BCUT2D eigenvalue weighted by Crippen LogP contribution is -2.71. The van der Waals surface area contributed by atoms with Gasteiger partial charge in [-0.25, -0.2) is 9.59 Å². The van der Waals surface area contributed by atoms with E-state index in [9.17, 15) is 24.3 Å². The number of carbonyl (C=O) groups is 4. The molecule has 0 spiro atoms. The van der Waals surface area contributed by atoms with Crippen LogP contribution in [0, 0.1) is 5.92 Å². The van der Waals surface area contributed by atoms with Gasteiger partial charge in [0.1, 0.15) is 42.0 Å². The summed E-state index contributed by atoms with van der Waals surface area (Å²) in [7, 11) is 0. The van der Waals surface area contributed by atoms with Gasteiger partial charge in [-0.05, 0) is 50.3 Å². The molecule has 2 aliphatic heterocycles. The minimum atomic E-state index is -1.81. The molecule has 4 rings (SSSR count). The number of β-lactam (4-membered cyclic amide) rings is 1.